The number of methoxy groups -OCH3 is 2. The van der Waals surface area contributed by atoms with Gasteiger partial charge in [0, 0.05) is 16.7 Å². The molecule has 2 rings (SSSR count). The van der Waals surface area contributed by atoms with Crippen LogP contribution in [0.5, 0.6) is 11.5 Å². The largest absolute Gasteiger partial charge is 0.493 e. The number of piperidine rings is 1. The van der Waals surface area contributed by atoms with Gasteiger partial charge in [-0.15, -0.1) is 0 Å². The number of nitrogens with zero attached hydrogens (tertiary/aromatic N) is 1. The van der Waals surface area contributed by atoms with Crippen LogP contribution in [0.15, 0.2) is 12.1 Å². The number of amides is 1. The summed E-state index contributed by atoms with van der Waals surface area (Å²) in [5.74, 6) is 1.94. The molecule has 0 aliphatic carbocycles. The molecule has 1 fully saturated rings. The quantitative estimate of drug-likeness (QED) is 0.517. The van der Waals surface area contributed by atoms with Gasteiger partial charge in [-0.25, -0.2) is 0 Å². The third-order valence-electron chi connectivity index (χ3n) is 4.40. The average molecular weight is 446 g/mol. The predicted octanol–water partition coefficient (Wildman–Crippen LogP) is 3.16. The minimum absolute atomic E-state index is 0.0626. The molecule has 1 aliphatic rings. The molecule has 0 spiro atoms. The van der Waals surface area contributed by atoms with Gasteiger partial charge in [-0.05, 0) is 73.0 Å². The highest BCUT2D eigenvalue weighted by Crippen LogP contribution is 2.31. The summed E-state index contributed by atoms with van der Waals surface area (Å²) in [6.07, 6.45) is 3.60. The minimum atomic E-state index is -0.0626. The summed E-state index contributed by atoms with van der Waals surface area (Å²) in [5.41, 5.74) is 0.625. The summed E-state index contributed by atoms with van der Waals surface area (Å²) >= 11 is 2.15. The summed E-state index contributed by atoms with van der Waals surface area (Å²) in [6.45, 7) is 6.42. The predicted molar refractivity (Wildman–Crippen MR) is 104 cm³/mol. The first-order chi connectivity index (χ1) is 11.5. The fraction of sp³-hybridized carbons (Fsp3) is 0.611. The number of carbonyl (C=O) groups excluding carboxylic acids is 1. The third-order valence-corrected chi connectivity index (χ3v) is 5.29. The van der Waals surface area contributed by atoms with Crippen molar-refractivity contribution in [3.63, 3.8) is 0 Å². The van der Waals surface area contributed by atoms with Crippen LogP contribution in [0.4, 0.5) is 0 Å². The SMILES string of the molecule is COc1cc(I)c(C(=O)NCCCN2CCCC(C)C2)cc1OC. The van der Waals surface area contributed by atoms with Crippen molar-refractivity contribution in [2.75, 3.05) is 40.4 Å². The van der Waals surface area contributed by atoms with Crippen LogP contribution in [0.25, 0.3) is 0 Å². The number of hydrogen-bond donors (Lipinski definition) is 1. The standard InChI is InChI=1S/C18H27IN2O3/c1-13-6-4-8-21(12-13)9-5-7-20-18(22)14-10-16(23-2)17(24-3)11-15(14)19/h10-11,13H,4-9,12H2,1-3H3,(H,20,22). The number of ether oxygens (including phenoxy) is 2. The van der Waals surface area contributed by atoms with E-state index in [1.165, 1.54) is 25.9 Å². The zero-order valence-electron chi connectivity index (χ0n) is 14.7. The number of hydrogen-bond acceptors (Lipinski definition) is 4. The monoisotopic (exact) mass is 446 g/mol. The Hall–Kier alpha value is -1.02. The van der Waals surface area contributed by atoms with E-state index in [2.05, 4.69) is 39.7 Å². The molecule has 1 amide bonds. The Labute approximate surface area is 158 Å². The molecule has 1 aromatic rings. The fourth-order valence-corrected chi connectivity index (χ4v) is 3.80. The van der Waals surface area contributed by atoms with Crippen molar-refractivity contribution in [2.24, 2.45) is 5.92 Å². The molecule has 1 saturated heterocycles. The molecule has 1 atom stereocenters. The molecule has 24 heavy (non-hydrogen) atoms. The molecule has 1 unspecified atom stereocenters. The minimum Gasteiger partial charge on any atom is -0.493 e. The molecular weight excluding hydrogens is 419 g/mol. The highest BCUT2D eigenvalue weighted by atomic mass is 127. The Morgan fingerprint density at radius 2 is 2.04 bits per heavy atom. The lowest BCUT2D eigenvalue weighted by Crippen LogP contribution is -2.36. The third kappa shape index (κ3) is 5.24. The Balaban J connectivity index is 1.84. The van der Waals surface area contributed by atoms with E-state index in [9.17, 15) is 4.79 Å². The van der Waals surface area contributed by atoms with E-state index in [0.29, 0.717) is 23.6 Å². The summed E-state index contributed by atoms with van der Waals surface area (Å²) in [4.78, 5) is 14.9. The van der Waals surface area contributed by atoms with Crippen molar-refractivity contribution >= 4 is 28.5 Å². The molecule has 1 aliphatic heterocycles. The molecule has 6 heteroatoms. The van der Waals surface area contributed by atoms with Gasteiger partial charge in [-0.2, -0.15) is 0 Å². The van der Waals surface area contributed by atoms with Crippen molar-refractivity contribution in [3.8, 4) is 11.5 Å². The van der Waals surface area contributed by atoms with E-state index in [1.54, 1.807) is 20.3 Å². The zero-order valence-corrected chi connectivity index (χ0v) is 16.9. The number of halogens is 1. The molecule has 0 aromatic heterocycles. The van der Waals surface area contributed by atoms with Crippen LogP contribution in [0.2, 0.25) is 0 Å². The van der Waals surface area contributed by atoms with Gasteiger partial charge in [0.05, 0.1) is 19.8 Å². The van der Waals surface area contributed by atoms with E-state index in [4.69, 9.17) is 9.47 Å². The highest BCUT2D eigenvalue weighted by Gasteiger charge is 2.17. The second-order valence-corrected chi connectivity index (χ2v) is 7.51. The summed E-state index contributed by atoms with van der Waals surface area (Å²) < 4.78 is 11.4. The van der Waals surface area contributed by atoms with Crippen LogP contribution in [-0.2, 0) is 0 Å². The first-order valence-corrected chi connectivity index (χ1v) is 9.55. The lowest BCUT2D eigenvalue weighted by atomic mass is 10.0. The average Bonchev–Trinajstić information content (AvgIpc) is 2.58. The maximum absolute atomic E-state index is 12.4. The topological polar surface area (TPSA) is 50.8 Å². The van der Waals surface area contributed by atoms with Gasteiger partial charge in [0.2, 0.25) is 0 Å². The summed E-state index contributed by atoms with van der Waals surface area (Å²) in [5, 5.41) is 3.01. The van der Waals surface area contributed by atoms with Gasteiger partial charge >= 0.3 is 0 Å². The zero-order chi connectivity index (χ0) is 17.5. The molecule has 0 bridgehead atoms. The van der Waals surface area contributed by atoms with Gasteiger partial charge in [-0.1, -0.05) is 6.92 Å². The first kappa shape index (κ1) is 19.3. The van der Waals surface area contributed by atoms with E-state index in [1.807, 2.05) is 6.07 Å². The van der Waals surface area contributed by atoms with Gasteiger partial charge in [-0.3, -0.25) is 4.79 Å². The Bertz CT molecular complexity index is 565. The molecule has 1 heterocycles. The number of benzene rings is 1. The van der Waals surface area contributed by atoms with Crippen LogP contribution in [0.1, 0.15) is 36.5 Å². The van der Waals surface area contributed by atoms with Gasteiger partial charge in [0.1, 0.15) is 0 Å². The smallest absolute Gasteiger partial charge is 0.252 e. The first-order valence-electron chi connectivity index (χ1n) is 8.47. The van der Waals surface area contributed by atoms with E-state index >= 15 is 0 Å². The van der Waals surface area contributed by atoms with Crippen molar-refractivity contribution in [3.05, 3.63) is 21.3 Å². The van der Waals surface area contributed by atoms with Crippen molar-refractivity contribution < 1.29 is 14.3 Å². The second-order valence-electron chi connectivity index (χ2n) is 6.34. The normalized spacial score (nSPS) is 18.2. The van der Waals surface area contributed by atoms with E-state index in [0.717, 1.165) is 22.5 Å². The van der Waals surface area contributed by atoms with Crippen LogP contribution >= 0.6 is 22.6 Å². The molecule has 5 nitrogen and oxygen atoms in total. The summed E-state index contributed by atoms with van der Waals surface area (Å²) in [7, 11) is 3.17. The van der Waals surface area contributed by atoms with Crippen LogP contribution in [0.3, 0.4) is 0 Å². The molecule has 0 saturated carbocycles. The van der Waals surface area contributed by atoms with Gasteiger partial charge in [0.15, 0.2) is 11.5 Å². The second kappa shape index (κ2) is 9.46. The highest BCUT2D eigenvalue weighted by molar-refractivity contribution is 14.1. The van der Waals surface area contributed by atoms with Gasteiger partial charge in [0.25, 0.3) is 5.91 Å². The van der Waals surface area contributed by atoms with Crippen molar-refractivity contribution in [2.45, 2.75) is 26.2 Å². The Morgan fingerprint density at radius 3 is 2.71 bits per heavy atom. The Morgan fingerprint density at radius 1 is 1.33 bits per heavy atom. The van der Waals surface area contributed by atoms with Crippen molar-refractivity contribution in [1.29, 1.82) is 0 Å². The molecule has 1 N–H and O–H groups in total. The number of carbonyl (C=O) groups is 1. The van der Waals surface area contributed by atoms with Crippen LogP contribution < -0.4 is 14.8 Å². The van der Waals surface area contributed by atoms with Crippen LogP contribution in [-0.4, -0.2) is 51.2 Å². The molecule has 134 valence electrons. The fourth-order valence-electron chi connectivity index (χ4n) is 3.12. The number of likely N-dealkylation sites (tertiary alicyclic amines) is 1. The lowest BCUT2D eigenvalue weighted by molar-refractivity contribution is 0.0948. The maximum Gasteiger partial charge on any atom is 0.252 e. The van der Waals surface area contributed by atoms with Gasteiger partial charge < -0.3 is 19.7 Å². The molecular formula is C18H27IN2O3. The summed E-state index contributed by atoms with van der Waals surface area (Å²) in [6, 6.07) is 3.56. The number of rotatable bonds is 7. The number of nitrogens with one attached hydrogen (secondary N) is 1. The van der Waals surface area contributed by atoms with E-state index < -0.39 is 0 Å². The lowest BCUT2D eigenvalue weighted by Gasteiger charge is -2.30. The van der Waals surface area contributed by atoms with E-state index in [-0.39, 0.29) is 5.91 Å². The Kier molecular flexibility index (Phi) is 7.61. The van der Waals surface area contributed by atoms with Crippen LogP contribution in [0, 0.1) is 9.49 Å². The molecule has 0 radical (unpaired) electrons. The maximum atomic E-state index is 12.4. The molecule has 1 aromatic carbocycles. The van der Waals surface area contributed by atoms with Crippen molar-refractivity contribution in [1.82, 2.24) is 10.2 Å².